The van der Waals surface area contributed by atoms with Gasteiger partial charge in [0, 0.05) is 6.54 Å². The Morgan fingerprint density at radius 2 is 1.93 bits per heavy atom. The van der Waals surface area contributed by atoms with Crippen molar-refractivity contribution in [1.29, 1.82) is 0 Å². The first-order chi connectivity index (χ1) is 6.68. The van der Waals surface area contributed by atoms with Crippen LogP contribution in [0.2, 0.25) is 0 Å². The zero-order valence-electron chi connectivity index (χ0n) is 8.08. The molecular formula is C11H13F2N. The molecule has 1 aliphatic heterocycles. The average molecular weight is 197 g/mol. The lowest BCUT2D eigenvalue weighted by Crippen LogP contribution is -2.06. The second-order valence-corrected chi connectivity index (χ2v) is 3.59. The summed E-state index contributed by atoms with van der Waals surface area (Å²) in [4.78, 5) is 1.24. The number of nitrogens with zero attached hydrogens (tertiary/aromatic N) is 1. The van der Waals surface area contributed by atoms with E-state index >= 15 is 0 Å². The first kappa shape index (κ1) is 9.59. The van der Waals surface area contributed by atoms with Gasteiger partial charge in [0.1, 0.15) is 6.04 Å². The molecule has 0 spiro atoms. The summed E-state index contributed by atoms with van der Waals surface area (Å²) in [6.45, 7) is 2.38. The van der Waals surface area contributed by atoms with Gasteiger partial charge in [0.2, 0.25) is 0 Å². The summed E-state index contributed by atoms with van der Waals surface area (Å²) < 4.78 is 26.5. The molecule has 0 saturated carbocycles. The lowest BCUT2D eigenvalue weighted by atomic mass is 10.1. The van der Waals surface area contributed by atoms with Gasteiger partial charge in [0.25, 0.3) is 0 Å². The van der Waals surface area contributed by atoms with E-state index in [1.54, 1.807) is 24.3 Å². The zero-order chi connectivity index (χ0) is 10.2. The Morgan fingerprint density at radius 3 is 2.50 bits per heavy atom. The minimum Gasteiger partial charge on any atom is -0.228 e. The van der Waals surface area contributed by atoms with Gasteiger partial charge in [-0.3, -0.25) is 0 Å². The fourth-order valence-corrected chi connectivity index (χ4v) is 1.83. The van der Waals surface area contributed by atoms with E-state index in [1.165, 1.54) is 4.90 Å². The molecule has 2 atom stereocenters. The molecule has 1 nitrogen and oxygen atoms in total. The van der Waals surface area contributed by atoms with Gasteiger partial charge in [-0.2, -0.15) is 8.78 Å². The molecule has 0 aromatic heterocycles. The van der Waals surface area contributed by atoms with E-state index in [0.29, 0.717) is 12.1 Å². The van der Waals surface area contributed by atoms with Gasteiger partial charge in [-0.25, -0.2) is 4.90 Å². The van der Waals surface area contributed by atoms with E-state index in [0.717, 1.165) is 6.42 Å². The van der Waals surface area contributed by atoms with Crippen molar-refractivity contribution < 1.29 is 8.78 Å². The summed E-state index contributed by atoms with van der Waals surface area (Å²) in [5.74, 6) is 0. The van der Waals surface area contributed by atoms with E-state index in [1.807, 2.05) is 13.0 Å². The van der Waals surface area contributed by atoms with E-state index in [-0.39, 0.29) is 0 Å². The lowest BCUT2D eigenvalue weighted by molar-refractivity contribution is 0.0511. The topological polar surface area (TPSA) is 3.01 Å². The van der Waals surface area contributed by atoms with Crippen molar-refractivity contribution in [2.24, 2.45) is 0 Å². The van der Waals surface area contributed by atoms with Crippen LogP contribution in [0.4, 0.5) is 8.78 Å². The van der Waals surface area contributed by atoms with Crippen molar-refractivity contribution in [3.8, 4) is 0 Å². The molecule has 0 radical (unpaired) electrons. The predicted octanol–water partition coefficient (Wildman–Crippen LogP) is 3.05. The van der Waals surface area contributed by atoms with E-state index in [4.69, 9.17) is 0 Å². The van der Waals surface area contributed by atoms with E-state index < -0.39 is 12.1 Å². The molecule has 1 saturated heterocycles. The average Bonchev–Trinajstić information content (AvgIpc) is 2.71. The molecule has 0 amide bonds. The molecule has 1 heterocycles. The van der Waals surface area contributed by atoms with Crippen LogP contribution in [0.1, 0.15) is 24.9 Å². The van der Waals surface area contributed by atoms with Crippen LogP contribution in [0.3, 0.4) is 0 Å². The summed E-state index contributed by atoms with van der Waals surface area (Å²) in [6, 6.07) is 5.64. The number of benzene rings is 1. The molecule has 0 aliphatic carbocycles. The Kier molecular flexibility index (Phi) is 2.27. The van der Waals surface area contributed by atoms with Gasteiger partial charge in [-0.05, 0) is 12.0 Å². The Labute approximate surface area is 82.3 Å². The zero-order valence-corrected chi connectivity index (χ0v) is 8.08. The monoisotopic (exact) mass is 197 g/mol. The Hall–Kier alpha value is -0.960. The highest BCUT2D eigenvalue weighted by molar-refractivity contribution is 5.27. The van der Waals surface area contributed by atoms with E-state index in [2.05, 4.69) is 0 Å². The maximum absolute atomic E-state index is 13.3. The highest BCUT2D eigenvalue weighted by atomic mass is 19.3. The standard InChI is InChI=1S/C11H13F2N/c1-2-8-14-10(11(14,12)13)9-6-4-3-5-7-9/h3-7,10H,2,8H2,1H3. The molecule has 14 heavy (non-hydrogen) atoms. The summed E-state index contributed by atoms with van der Waals surface area (Å²) in [5, 5.41) is 0. The SMILES string of the molecule is CCCN1C(c2ccccc2)C1(F)F. The van der Waals surface area contributed by atoms with Gasteiger partial charge in [-0.15, -0.1) is 0 Å². The second kappa shape index (κ2) is 3.31. The smallest absolute Gasteiger partial charge is 0.228 e. The maximum Gasteiger partial charge on any atom is 0.325 e. The number of alkyl halides is 2. The molecule has 0 N–H and O–H groups in total. The van der Waals surface area contributed by atoms with Crippen molar-refractivity contribution in [2.45, 2.75) is 25.4 Å². The first-order valence-electron chi connectivity index (χ1n) is 4.87. The van der Waals surface area contributed by atoms with Crippen LogP contribution in [0.5, 0.6) is 0 Å². The number of halogens is 2. The highest BCUT2D eigenvalue weighted by Gasteiger charge is 2.65. The fraction of sp³-hybridized carbons (Fsp3) is 0.455. The Balaban J connectivity index is 2.15. The number of rotatable bonds is 3. The highest BCUT2D eigenvalue weighted by Crippen LogP contribution is 2.55. The van der Waals surface area contributed by atoms with Gasteiger partial charge in [0.05, 0.1) is 0 Å². The van der Waals surface area contributed by atoms with Gasteiger partial charge < -0.3 is 0 Å². The third kappa shape index (κ3) is 1.42. The van der Waals surface area contributed by atoms with Gasteiger partial charge >= 0.3 is 6.05 Å². The van der Waals surface area contributed by atoms with Crippen molar-refractivity contribution in [1.82, 2.24) is 4.90 Å². The van der Waals surface area contributed by atoms with E-state index in [9.17, 15) is 8.78 Å². The van der Waals surface area contributed by atoms with Gasteiger partial charge in [-0.1, -0.05) is 37.3 Å². The molecule has 76 valence electrons. The predicted molar refractivity (Wildman–Crippen MR) is 51.1 cm³/mol. The largest absolute Gasteiger partial charge is 0.325 e. The molecule has 3 heteroatoms. The second-order valence-electron chi connectivity index (χ2n) is 3.59. The van der Waals surface area contributed by atoms with Crippen LogP contribution >= 0.6 is 0 Å². The third-order valence-electron chi connectivity index (χ3n) is 2.54. The quantitative estimate of drug-likeness (QED) is 0.531. The summed E-state index contributed by atoms with van der Waals surface area (Å²) in [6.07, 6.45) is 0.763. The molecular weight excluding hydrogens is 184 g/mol. The molecule has 1 aromatic rings. The van der Waals surface area contributed by atoms with Crippen molar-refractivity contribution >= 4 is 0 Å². The Bertz CT molecular complexity index is 310. The Morgan fingerprint density at radius 1 is 1.29 bits per heavy atom. The van der Waals surface area contributed by atoms with Crippen LogP contribution < -0.4 is 0 Å². The molecule has 1 aliphatic rings. The summed E-state index contributed by atoms with van der Waals surface area (Å²) in [7, 11) is 0. The maximum atomic E-state index is 13.3. The molecule has 0 bridgehead atoms. The molecule has 2 rings (SSSR count). The molecule has 1 aromatic carbocycles. The van der Waals surface area contributed by atoms with Crippen LogP contribution in [0.25, 0.3) is 0 Å². The molecule has 1 fully saturated rings. The summed E-state index contributed by atoms with van der Waals surface area (Å²) in [5.41, 5.74) is 0.714. The fourth-order valence-electron chi connectivity index (χ4n) is 1.83. The summed E-state index contributed by atoms with van der Waals surface area (Å²) >= 11 is 0. The van der Waals surface area contributed by atoms with Crippen molar-refractivity contribution in [2.75, 3.05) is 6.54 Å². The van der Waals surface area contributed by atoms with Crippen LogP contribution in [0.15, 0.2) is 30.3 Å². The first-order valence-corrected chi connectivity index (χ1v) is 4.87. The van der Waals surface area contributed by atoms with Crippen LogP contribution in [0, 0.1) is 0 Å². The number of hydrogen-bond acceptors (Lipinski definition) is 1. The van der Waals surface area contributed by atoms with Crippen LogP contribution in [-0.4, -0.2) is 17.5 Å². The molecule has 2 unspecified atom stereocenters. The van der Waals surface area contributed by atoms with Crippen molar-refractivity contribution in [3.05, 3.63) is 35.9 Å². The van der Waals surface area contributed by atoms with Crippen LogP contribution in [-0.2, 0) is 0 Å². The van der Waals surface area contributed by atoms with Crippen molar-refractivity contribution in [3.63, 3.8) is 0 Å². The minimum absolute atomic E-state index is 0.465. The normalized spacial score (nSPS) is 28.8. The minimum atomic E-state index is -2.63. The van der Waals surface area contributed by atoms with Gasteiger partial charge in [0.15, 0.2) is 0 Å². The third-order valence-corrected chi connectivity index (χ3v) is 2.54. The lowest BCUT2D eigenvalue weighted by Gasteiger charge is -1.97. The number of hydrogen-bond donors (Lipinski definition) is 0.